The standard InChI is InChI=1S/C37H52N6O7/c1-35(2,3)20(17-43-32(48)21-12-13-39-16-22(21)33(43)49)15-25(44)41-29(36(4,5)6)34(50)42-18-23-26(37(23,7)8)27(42)31(47)40-24(28(45)30(38)46)14-19-10-9-11-19/h12-13,16,19-20,23-24,26-27,29H,9-11,14-15,17-18H2,1-8H3,(H2,38,46)(H,40,47)(H,41,44)/t20-,23+,24?,26+,27+,29-/m1/s1. The first kappa shape index (κ1) is 37.1. The summed E-state index contributed by atoms with van der Waals surface area (Å²) in [5.41, 5.74) is 4.40. The Bertz CT molecular complexity index is 1570. The van der Waals surface area contributed by atoms with Crippen molar-refractivity contribution < 1.29 is 33.6 Å². The molecule has 1 aromatic rings. The first-order chi connectivity index (χ1) is 23.1. The Morgan fingerprint density at radius 1 is 0.980 bits per heavy atom. The number of hydrogen-bond donors (Lipinski definition) is 3. The number of nitrogens with zero attached hydrogens (tertiary/aromatic N) is 3. The van der Waals surface area contributed by atoms with E-state index < -0.39 is 76.1 Å². The van der Waals surface area contributed by atoms with Crippen LogP contribution in [-0.4, -0.2) is 87.2 Å². The van der Waals surface area contributed by atoms with Crippen LogP contribution < -0.4 is 16.4 Å². The van der Waals surface area contributed by atoms with Crippen LogP contribution in [0.1, 0.15) is 108 Å². The van der Waals surface area contributed by atoms with Crippen LogP contribution in [0.25, 0.3) is 0 Å². The van der Waals surface area contributed by atoms with Crippen molar-refractivity contribution in [3.05, 3.63) is 29.6 Å². The predicted molar refractivity (Wildman–Crippen MR) is 183 cm³/mol. The molecule has 272 valence electrons. The fourth-order valence-corrected chi connectivity index (χ4v) is 7.96. The van der Waals surface area contributed by atoms with Crippen molar-refractivity contribution in [2.75, 3.05) is 13.1 Å². The molecular weight excluding hydrogens is 640 g/mol. The Morgan fingerprint density at radius 2 is 1.62 bits per heavy atom. The number of primary amides is 1. The quantitative estimate of drug-likeness (QED) is 0.220. The van der Waals surface area contributed by atoms with Crippen LogP contribution in [0, 0.1) is 39.9 Å². The van der Waals surface area contributed by atoms with Gasteiger partial charge in [-0.25, -0.2) is 0 Å². The summed E-state index contributed by atoms with van der Waals surface area (Å²) < 4.78 is 0. The Balaban J connectivity index is 1.33. The molecule has 3 heterocycles. The molecule has 4 aliphatic rings. The number of aromatic nitrogens is 1. The zero-order valence-electron chi connectivity index (χ0n) is 30.5. The summed E-state index contributed by atoms with van der Waals surface area (Å²) >= 11 is 0. The molecule has 2 saturated carbocycles. The second-order valence-electron chi connectivity index (χ2n) is 17.5. The van der Waals surface area contributed by atoms with Crippen LogP contribution in [0.2, 0.25) is 0 Å². The van der Waals surface area contributed by atoms with Gasteiger partial charge in [-0.2, -0.15) is 0 Å². The van der Waals surface area contributed by atoms with Crippen molar-refractivity contribution in [3.8, 4) is 0 Å². The monoisotopic (exact) mass is 692 g/mol. The lowest BCUT2D eigenvalue weighted by Crippen LogP contribution is -2.60. The molecule has 0 radical (unpaired) electrons. The lowest BCUT2D eigenvalue weighted by molar-refractivity contribution is -0.146. The maximum Gasteiger partial charge on any atom is 0.287 e. The van der Waals surface area contributed by atoms with Gasteiger partial charge in [0.2, 0.25) is 23.5 Å². The Morgan fingerprint density at radius 3 is 2.16 bits per heavy atom. The van der Waals surface area contributed by atoms with Crippen LogP contribution in [-0.2, 0) is 24.0 Å². The number of Topliss-reactive ketones (excluding diaryl/α,β-unsaturated/α-hetero) is 1. The second-order valence-corrected chi connectivity index (χ2v) is 17.5. The second kappa shape index (κ2) is 13.2. The van der Waals surface area contributed by atoms with Gasteiger partial charge in [0.05, 0.1) is 17.2 Å². The van der Waals surface area contributed by atoms with Crippen LogP contribution in [0.15, 0.2) is 18.5 Å². The lowest BCUT2D eigenvalue weighted by atomic mass is 9.77. The highest BCUT2D eigenvalue weighted by Gasteiger charge is 2.70. The molecule has 4 N–H and O–H groups in total. The first-order valence-electron chi connectivity index (χ1n) is 17.7. The summed E-state index contributed by atoms with van der Waals surface area (Å²) in [4.78, 5) is 99.8. The van der Waals surface area contributed by atoms with Crippen molar-refractivity contribution in [2.45, 2.75) is 106 Å². The van der Waals surface area contributed by atoms with Crippen molar-refractivity contribution in [1.82, 2.24) is 25.4 Å². The molecule has 6 atom stereocenters. The molecule has 50 heavy (non-hydrogen) atoms. The van der Waals surface area contributed by atoms with Crippen molar-refractivity contribution in [1.29, 1.82) is 0 Å². The van der Waals surface area contributed by atoms with Gasteiger partial charge < -0.3 is 21.3 Å². The minimum absolute atomic E-state index is 0.0102. The molecule has 2 aliphatic carbocycles. The van der Waals surface area contributed by atoms with Crippen LogP contribution >= 0.6 is 0 Å². The number of carbonyl (C=O) groups is 7. The SMILES string of the molecule is CC(C)(C)[C@H](CC(=O)N[C@H](C(=O)N1C[C@H]2[C@@H]([C@H]1C(=O)NC(CC1CCC1)C(=O)C(N)=O)C2(C)C)C(C)(C)C)CN1C(=O)c2ccncc2C1=O. The van der Waals surface area contributed by atoms with E-state index in [0.717, 1.165) is 24.2 Å². The van der Waals surface area contributed by atoms with Gasteiger partial charge in [-0.05, 0) is 52.4 Å². The van der Waals surface area contributed by atoms with E-state index in [0.29, 0.717) is 13.0 Å². The number of carbonyl (C=O) groups excluding carboxylic acids is 7. The molecule has 1 aromatic heterocycles. The summed E-state index contributed by atoms with van der Waals surface area (Å²) in [5, 5.41) is 5.74. The number of rotatable bonds is 12. The van der Waals surface area contributed by atoms with Gasteiger partial charge in [0, 0.05) is 31.9 Å². The Kier molecular flexibility index (Phi) is 9.79. The van der Waals surface area contributed by atoms with Gasteiger partial charge in [-0.15, -0.1) is 0 Å². The summed E-state index contributed by atoms with van der Waals surface area (Å²) in [7, 11) is 0. The molecule has 3 fully saturated rings. The van der Waals surface area contributed by atoms with Crippen molar-refractivity contribution in [3.63, 3.8) is 0 Å². The average molecular weight is 693 g/mol. The van der Waals surface area contributed by atoms with Crippen LogP contribution in [0.5, 0.6) is 0 Å². The number of pyridine rings is 1. The number of fused-ring (bicyclic) bond motifs is 2. The zero-order chi connectivity index (χ0) is 37.1. The van der Waals surface area contributed by atoms with Crippen molar-refractivity contribution >= 4 is 41.2 Å². The van der Waals surface area contributed by atoms with E-state index in [1.165, 1.54) is 23.4 Å². The van der Waals surface area contributed by atoms with Gasteiger partial charge in [-0.3, -0.25) is 43.4 Å². The van der Waals surface area contributed by atoms with E-state index in [2.05, 4.69) is 15.6 Å². The topological polar surface area (TPSA) is 189 Å². The minimum Gasteiger partial charge on any atom is -0.363 e. The summed E-state index contributed by atoms with van der Waals surface area (Å²) in [6, 6.07) is -1.45. The number of nitrogens with two attached hydrogens (primary N) is 1. The van der Waals surface area contributed by atoms with E-state index in [9.17, 15) is 33.6 Å². The van der Waals surface area contributed by atoms with Gasteiger partial charge in [0.15, 0.2) is 0 Å². The van der Waals surface area contributed by atoms with E-state index in [4.69, 9.17) is 5.73 Å². The highest BCUT2D eigenvalue weighted by molar-refractivity contribution is 6.37. The smallest absolute Gasteiger partial charge is 0.287 e. The van der Waals surface area contributed by atoms with E-state index in [-0.39, 0.29) is 47.3 Å². The number of hydrogen-bond acceptors (Lipinski definition) is 8. The van der Waals surface area contributed by atoms with Gasteiger partial charge in [0.1, 0.15) is 12.1 Å². The molecule has 13 heteroatoms. The fourth-order valence-electron chi connectivity index (χ4n) is 7.96. The maximum atomic E-state index is 14.4. The highest BCUT2D eigenvalue weighted by atomic mass is 16.2. The number of piperidine rings is 1. The maximum absolute atomic E-state index is 14.4. The molecule has 6 amide bonds. The number of likely N-dealkylation sites (tertiary alicyclic amines) is 1. The number of amides is 6. The largest absolute Gasteiger partial charge is 0.363 e. The van der Waals surface area contributed by atoms with Gasteiger partial charge in [0.25, 0.3) is 17.7 Å². The van der Waals surface area contributed by atoms with Crippen molar-refractivity contribution in [2.24, 2.45) is 45.7 Å². The number of imide groups is 1. The molecule has 0 spiro atoms. The lowest BCUT2D eigenvalue weighted by Gasteiger charge is -2.39. The Hall–Kier alpha value is -4.16. The molecule has 1 unspecified atom stereocenters. The third-order valence-corrected chi connectivity index (χ3v) is 11.7. The average Bonchev–Trinajstić information content (AvgIpc) is 3.27. The number of nitrogens with one attached hydrogen (secondary N) is 2. The van der Waals surface area contributed by atoms with Gasteiger partial charge >= 0.3 is 0 Å². The minimum atomic E-state index is -1.11. The van der Waals surface area contributed by atoms with Crippen LogP contribution in [0.3, 0.4) is 0 Å². The molecule has 5 rings (SSSR count). The summed E-state index contributed by atoms with van der Waals surface area (Å²) in [6.45, 7) is 15.7. The molecule has 1 saturated heterocycles. The van der Waals surface area contributed by atoms with Crippen LogP contribution in [0.4, 0.5) is 0 Å². The predicted octanol–water partition coefficient (Wildman–Crippen LogP) is 2.47. The third-order valence-electron chi connectivity index (χ3n) is 11.7. The molecule has 2 aliphatic heterocycles. The summed E-state index contributed by atoms with van der Waals surface area (Å²) in [6.07, 6.45) is 5.92. The molecule has 0 bridgehead atoms. The normalized spacial score (nSPS) is 24.4. The highest BCUT2D eigenvalue weighted by Crippen LogP contribution is 2.65. The molecule has 13 nitrogen and oxygen atoms in total. The fraction of sp³-hybridized carbons (Fsp3) is 0.676. The van der Waals surface area contributed by atoms with E-state index >= 15 is 0 Å². The van der Waals surface area contributed by atoms with E-state index in [1.54, 1.807) is 0 Å². The molecular formula is C37H52N6O7. The van der Waals surface area contributed by atoms with E-state index in [1.807, 2.05) is 55.4 Å². The van der Waals surface area contributed by atoms with Gasteiger partial charge in [-0.1, -0.05) is 74.7 Å². The first-order valence-corrected chi connectivity index (χ1v) is 17.7. The third kappa shape index (κ3) is 7.05. The summed E-state index contributed by atoms with van der Waals surface area (Å²) in [5.74, 6) is -4.52. The zero-order valence-corrected chi connectivity index (χ0v) is 30.5. The molecule has 0 aromatic carbocycles. The Labute approximate surface area is 293 Å². The number of ketones is 1.